The van der Waals surface area contributed by atoms with Gasteiger partial charge in [0.05, 0.1) is 10.2 Å². The normalized spacial score (nSPS) is 12.3. The van der Waals surface area contributed by atoms with Crippen molar-refractivity contribution in [3.05, 3.63) is 0 Å². The molecule has 0 saturated heterocycles. The maximum Gasteiger partial charge on any atom is 0.138 e. The largest absolute Gasteiger partial charge is 0.355 e. The smallest absolute Gasteiger partial charge is 0.138 e. The zero-order chi connectivity index (χ0) is 7.33. The standard InChI is InChI=1S/C6H16O2Si/c1-4-7-6(3,9)8-5-2/h4-5H2,1-3,9H3. The zero-order valence-corrected chi connectivity index (χ0v) is 8.73. The van der Waals surface area contributed by atoms with Crippen molar-refractivity contribution in [2.45, 2.75) is 26.2 Å². The Balaban J connectivity index is 3.43. The number of hydrogen-bond acceptors (Lipinski definition) is 2. The summed E-state index contributed by atoms with van der Waals surface area (Å²) < 4.78 is 10.6. The van der Waals surface area contributed by atoms with Crippen molar-refractivity contribution in [3.8, 4) is 0 Å². The maximum absolute atomic E-state index is 5.31. The molecule has 0 aromatic heterocycles. The van der Waals surface area contributed by atoms with Gasteiger partial charge in [-0.2, -0.15) is 0 Å². The van der Waals surface area contributed by atoms with E-state index in [2.05, 4.69) is 0 Å². The molecule has 0 heterocycles. The molecule has 3 heteroatoms. The van der Waals surface area contributed by atoms with Crippen LogP contribution in [-0.2, 0) is 9.47 Å². The van der Waals surface area contributed by atoms with E-state index in [9.17, 15) is 0 Å². The molecule has 0 aliphatic heterocycles. The molecule has 0 N–H and O–H groups in total. The first-order chi connectivity index (χ1) is 4.12. The first-order valence-corrected chi connectivity index (χ1v) is 4.40. The van der Waals surface area contributed by atoms with Gasteiger partial charge in [0.1, 0.15) is 5.41 Å². The summed E-state index contributed by atoms with van der Waals surface area (Å²) in [6.45, 7) is 7.41. The summed E-state index contributed by atoms with van der Waals surface area (Å²) in [5.74, 6) is 0. The highest BCUT2D eigenvalue weighted by molar-refractivity contribution is 6.13. The summed E-state index contributed by atoms with van der Waals surface area (Å²) in [5.41, 5.74) is -0.260. The molecule has 0 aliphatic carbocycles. The Hall–Kier alpha value is 0.137. The fourth-order valence-electron chi connectivity index (χ4n) is 0.737. The Labute approximate surface area is 60.0 Å². The van der Waals surface area contributed by atoms with E-state index < -0.39 is 0 Å². The SMILES string of the molecule is CCOC(C)([SiH3])OCC. The van der Waals surface area contributed by atoms with Gasteiger partial charge < -0.3 is 9.47 Å². The van der Waals surface area contributed by atoms with Crippen LogP contribution in [0.3, 0.4) is 0 Å². The van der Waals surface area contributed by atoms with Gasteiger partial charge in [-0.1, -0.05) is 0 Å². The Bertz CT molecular complexity index is 65.5. The topological polar surface area (TPSA) is 18.5 Å². The van der Waals surface area contributed by atoms with E-state index in [0.717, 1.165) is 23.5 Å². The van der Waals surface area contributed by atoms with Crippen LogP contribution in [0.15, 0.2) is 0 Å². The van der Waals surface area contributed by atoms with Gasteiger partial charge in [-0.3, -0.25) is 0 Å². The summed E-state index contributed by atoms with van der Waals surface area (Å²) >= 11 is 0. The van der Waals surface area contributed by atoms with Crippen molar-refractivity contribution < 1.29 is 9.47 Å². The van der Waals surface area contributed by atoms with Crippen molar-refractivity contribution in [1.82, 2.24) is 0 Å². The van der Waals surface area contributed by atoms with Gasteiger partial charge >= 0.3 is 0 Å². The van der Waals surface area contributed by atoms with Gasteiger partial charge in [0, 0.05) is 13.2 Å². The van der Waals surface area contributed by atoms with Crippen molar-refractivity contribution >= 4 is 10.2 Å². The minimum Gasteiger partial charge on any atom is -0.355 e. The first-order valence-electron chi connectivity index (χ1n) is 3.40. The van der Waals surface area contributed by atoms with Crippen LogP contribution in [0.25, 0.3) is 0 Å². The lowest BCUT2D eigenvalue weighted by Gasteiger charge is -2.24. The Morgan fingerprint density at radius 2 is 1.56 bits per heavy atom. The van der Waals surface area contributed by atoms with Crippen LogP contribution in [0.1, 0.15) is 20.8 Å². The summed E-state index contributed by atoms with van der Waals surface area (Å²) in [6, 6.07) is 0. The van der Waals surface area contributed by atoms with Crippen LogP contribution in [0.5, 0.6) is 0 Å². The summed E-state index contributed by atoms with van der Waals surface area (Å²) in [6.07, 6.45) is 0. The molecule has 0 spiro atoms. The third-order valence-corrected chi connectivity index (χ3v) is 1.56. The fourth-order valence-corrected chi connectivity index (χ4v) is 1.31. The summed E-state index contributed by atoms with van der Waals surface area (Å²) in [7, 11) is 0.923. The van der Waals surface area contributed by atoms with Gasteiger partial charge in [-0.25, -0.2) is 0 Å². The highest BCUT2D eigenvalue weighted by Gasteiger charge is 2.15. The van der Waals surface area contributed by atoms with Crippen molar-refractivity contribution in [2.24, 2.45) is 0 Å². The molecule has 0 atom stereocenters. The molecule has 0 aliphatic rings. The fraction of sp³-hybridized carbons (Fsp3) is 1.00. The molecule has 0 amide bonds. The Kier molecular flexibility index (Phi) is 4.09. The second-order valence-electron chi connectivity index (χ2n) is 2.27. The molecule has 0 bridgehead atoms. The zero-order valence-electron chi connectivity index (χ0n) is 6.73. The van der Waals surface area contributed by atoms with Crippen LogP contribution in [0.2, 0.25) is 0 Å². The van der Waals surface area contributed by atoms with E-state index in [4.69, 9.17) is 9.47 Å². The van der Waals surface area contributed by atoms with Crippen LogP contribution >= 0.6 is 0 Å². The predicted octanol–water partition coefficient (Wildman–Crippen LogP) is 0.0985. The lowest BCUT2D eigenvalue weighted by Crippen LogP contribution is -2.32. The Morgan fingerprint density at radius 1 is 1.22 bits per heavy atom. The van der Waals surface area contributed by atoms with Crippen molar-refractivity contribution in [1.29, 1.82) is 0 Å². The van der Waals surface area contributed by atoms with Gasteiger partial charge in [0.2, 0.25) is 0 Å². The molecule has 9 heavy (non-hydrogen) atoms. The van der Waals surface area contributed by atoms with E-state index >= 15 is 0 Å². The second-order valence-corrected chi connectivity index (χ2v) is 4.08. The Morgan fingerprint density at radius 3 is 1.78 bits per heavy atom. The quantitative estimate of drug-likeness (QED) is 0.416. The lowest BCUT2D eigenvalue weighted by molar-refractivity contribution is -0.160. The van der Waals surface area contributed by atoms with Crippen molar-refractivity contribution in [2.75, 3.05) is 13.2 Å². The van der Waals surface area contributed by atoms with Gasteiger partial charge in [0.25, 0.3) is 0 Å². The third kappa shape index (κ3) is 4.63. The van der Waals surface area contributed by atoms with E-state index in [-0.39, 0.29) is 5.41 Å². The van der Waals surface area contributed by atoms with Gasteiger partial charge in [0.15, 0.2) is 0 Å². The van der Waals surface area contributed by atoms with Gasteiger partial charge in [-0.05, 0) is 20.8 Å². The maximum atomic E-state index is 5.31. The predicted molar refractivity (Wildman–Crippen MR) is 41.6 cm³/mol. The van der Waals surface area contributed by atoms with Gasteiger partial charge in [-0.15, -0.1) is 0 Å². The minimum absolute atomic E-state index is 0.260. The number of ether oxygens (including phenoxy) is 2. The van der Waals surface area contributed by atoms with E-state index in [1.54, 1.807) is 0 Å². The molecule has 0 radical (unpaired) electrons. The molecule has 0 unspecified atom stereocenters. The van der Waals surface area contributed by atoms with E-state index in [1.165, 1.54) is 0 Å². The average molecular weight is 148 g/mol. The molecule has 0 saturated carbocycles. The minimum atomic E-state index is -0.260. The number of hydrogen-bond donors (Lipinski definition) is 0. The lowest BCUT2D eigenvalue weighted by atomic mass is 10.7. The molecular formula is C6H16O2Si. The van der Waals surface area contributed by atoms with Crippen LogP contribution < -0.4 is 0 Å². The molecule has 0 aromatic rings. The molecule has 0 fully saturated rings. The summed E-state index contributed by atoms with van der Waals surface area (Å²) in [4.78, 5) is 0. The first kappa shape index (κ1) is 9.14. The second kappa shape index (κ2) is 4.03. The van der Waals surface area contributed by atoms with Crippen LogP contribution in [0.4, 0.5) is 0 Å². The van der Waals surface area contributed by atoms with Crippen LogP contribution in [0, 0.1) is 0 Å². The molecule has 56 valence electrons. The molecule has 2 nitrogen and oxygen atoms in total. The van der Waals surface area contributed by atoms with Crippen molar-refractivity contribution in [3.63, 3.8) is 0 Å². The molecule has 0 aromatic carbocycles. The van der Waals surface area contributed by atoms with E-state index in [1.807, 2.05) is 20.8 Å². The molecular weight excluding hydrogens is 132 g/mol. The monoisotopic (exact) mass is 148 g/mol. The molecule has 0 rings (SSSR count). The summed E-state index contributed by atoms with van der Waals surface area (Å²) in [5, 5.41) is 0. The average Bonchev–Trinajstić information content (AvgIpc) is 1.64. The number of rotatable bonds is 4. The van der Waals surface area contributed by atoms with Crippen LogP contribution in [-0.4, -0.2) is 28.9 Å². The third-order valence-electron chi connectivity index (χ3n) is 0.984. The van der Waals surface area contributed by atoms with E-state index in [0.29, 0.717) is 0 Å². The highest BCUT2D eigenvalue weighted by atomic mass is 28.1. The highest BCUT2D eigenvalue weighted by Crippen LogP contribution is 2.05.